The number of hydrogen-bond donors (Lipinski definition) is 0. The summed E-state index contributed by atoms with van der Waals surface area (Å²) in [4.78, 5) is 2.39. The van der Waals surface area contributed by atoms with Crippen LogP contribution in [0, 0.1) is 0 Å². The lowest BCUT2D eigenvalue weighted by Gasteiger charge is -2.27. The van der Waals surface area contributed by atoms with Crippen LogP contribution >= 0.6 is 0 Å². The van der Waals surface area contributed by atoms with Crippen LogP contribution in [0.15, 0.2) is 271 Å². The molecule has 3 heteroatoms. The van der Waals surface area contributed by atoms with Crippen molar-refractivity contribution in [3.63, 3.8) is 0 Å². The van der Waals surface area contributed by atoms with E-state index in [-0.39, 0.29) is 0 Å². The fourth-order valence-electron chi connectivity index (χ4n) is 11.1. The van der Waals surface area contributed by atoms with Gasteiger partial charge in [0.1, 0.15) is 11.2 Å². The minimum Gasteiger partial charge on any atom is -0.456 e. The lowest BCUT2D eigenvalue weighted by Crippen LogP contribution is -2.10. The van der Waals surface area contributed by atoms with Crippen LogP contribution in [0.4, 0.5) is 17.1 Å². The Balaban J connectivity index is 0.885. The fourth-order valence-corrected chi connectivity index (χ4v) is 11.1. The zero-order valence-corrected chi connectivity index (χ0v) is 38.7. The fraction of sp³-hybridized carbons (Fsp3) is 0. The van der Waals surface area contributed by atoms with Crippen molar-refractivity contribution in [2.45, 2.75) is 0 Å². The summed E-state index contributed by atoms with van der Waals surface area (Å²) in [6.45, 7) is 0. The summed E-state index contributed by atoms with van der Waals surface area (Å²) < 4.78 is 8.74. The van der Waals surface area contributed by atoms with Crippen molar-refractivity contribution >= 4 is 82.4 Å². The Morgan fingerprint density at radius 3 is 1.56 bits per heavy atom. The number of furan rings is 1. The summed E-state index contributed by atoms with van der Waals surface area (Å²) in [6, 6.07) is 96.8. The first-order valence-electron chi connectivity index (χ1n) is 24.3. The van der Waals surface area contributed by atoms with E-state index in [1.807, 2.05) is 6.07 Å². The smallest absolute Gasteiger partial charge is 0.136 e. The third-order valence-electron chi connectivity index (χ3n) is 14.4. The summed E-state index contributed by atoms with van der Waals surface area (Å²) >= 11 is 0. The minimum absolute atomic E-state index is 0.886. The Labute approximate surface area is 411 Å². The van der Waals surface area contributed by atoms with E-state index in [9.17, 15) is 0 Å². The zero-order chi connectivity index (χ0) is 46.8. The molecule has 0 saturated carbocycles. The van der Waals surface area contributed by atoms with Crippen molar-refractivity contribution in [3.8, 4) is 50.2 Å². The largest absolute Gasteiger partial charge is 0.456 e. The molecule has 0 aliphatic heterocycles. The van der Waals surface area contributed by atoms with Crippen molar-refractivity contribution in [2.24, 2.45) is 0 Å². The van der Waals surface area contributed by atoms with Crippen molar-refractivity contribution in [2.75, 3.05) is 4.90 Å². The predicted molar refractivity (Wildman–Crippen MR) is 299 cm³/mol. The van der Waals surface area contributed by atoms with Gasteiger partial charge in [0, 0.05) is 44.3 Å². The van der Waals surface area contributed by atoms with Gasteiger partial charge in [-0.05, 0) is 145 Å². The molecule has 0 atom stereocenters. The molecule has 0 saturated heterocycles. The van der Waals surface area contributed by atoms with Gasteiger partial charge in [-0.15, -0.1) is 0 Å². The number of rotatable bonds is 8. The monoisotopic (exact) mass is 904 g/mol. The summed E-state index contributed by atoms with van der Waals surface area (Å²) in [5.41, 5.74) is 18.0. The van der Waals surface area contributed by atoms with Crippen LogP contribution in [0.1, 0.15) is 0 Å². The molecule has 14 aromatic rings. The molecule has 0 fully saturated rings. The molecule has 0 aliphatic rings. The van der Waals surface area contributed by atoms with E-state index in [0.717, 1.165) is 55.8 Å². The van der Waals surface area contributed by atoms with Gasteiger partial charge in [-0.2, -0.15) is 0 Å². The highest BCUT2D eigenvalue weighted by Crippen LogP contribution is 2.43. The van der Waals surface area contributed by atoms with E-state index in [2.05, 4.69) is 270 Å². The van der Waals surface area contributed by atoms with Gasteiger partial charge in [0.15, 0.2) is 0 Å². The lowest BCUT2D eigenvalue weighted by atomic mass is 9.91. The van der Waals surface area contributed by atoms with Crippen molar-refractivity contribution < 1.29 is 4.42 Å². The summed E-state index contributed by atoms with van der Waals surface area (Å²) in [5, 5.41) is 9.61. The Morgan fingerprint density at radius 1 is 0.282 bits per heavy atom. The summed E-state index contributed by atoms with van der Waals surface area (Å²) in [7, 11) is 0. The molecule has 14 rings (SSSR count). The van der Waals surface area contributed by atoms with Gasteiger partial charge in [-0.1, -0.05) is 188 Å². The zero-order valence-electron chi connectivity index (χ0n) is 38.7. The van der Waals surface area contributed by atoms with E-state index in [4.69, 9.17) is 4.42 Å². The second kappa shape index (κ2) is 16.7. The van der Waals surface area contributed by atoms with E-state index in [0.29, 0.717) is 0 Å². The summed E-state index contributed by atoms with van der Waals surface area (Å²) in [6.07, 6.45) is 0. The molecule has 2 aromatic heterocycles. The first-order chi connectivity index (χ1) is 35.2. The molecule has 0 radical (unpaired) electrons. The van der Waals surface area contributed by atoms with Gasteiger partial charge in [0.05, 0.1) is 11.0 Å². The third kappa shape index (κ3) is 6.89. The highest BCUT2D eigenvalue weighted by atomic mass is 16.3. The number of benzene rings is 12. The Hall–Kier alpha value is -9.44. The third-order valence-corrected chi connectivity index (χ3v) is 14.4. The molecule has 0 N–H and O–H groups in total. The van der Waals surface area contributed by atoms with E-state index >= 15 is 0 Å². The van der Waals surface area contributed by atoms with Crippen LogP contribution in [0.25, 0.3) is 115 Å². The maximum Gasteiger partial charge on any atom is 0.136 e. The van der Waals surface area contributed by atoms with Gasteiger partial charge < -0.3 is 13.9 Å². The van der Waals surface area contributed by atoms with Crippen LogP contribution in [-0.4, -0.2) is 4.57 Å². The molecule has 12 aromatic carbocycles. The predicted octanol–water partition coefficient (Wildman–Crippen LogP) is 19.1. The molecule has 71 heavy (non-hydrogen) atoms. The van der Waals surface area contributed by atoms with Gasteiger partial charge in [0.2, 0.25) is 0 Å². The number of anilines is 3. The summed E-state index contributed by atoms with van der Waals surface area (Å²) in [5.74, 6) is 0. The number of fused-ring (bicyclic) bond motifs is 8. The molecule has 0 bridgehead atoms. The Morgan fingerprint density at radius 2 is 0.817 bits per heavy atom. The lowest BCUT2D eigenvalue weighted by molar-refractivity contribution is 0.669. The first kappa shape index (κ1) is 40.6. The van der Waals surface area contributed by atoms with Crippen LogP contribution in [0.2, 0.25) is 0 Å². The molecular weight excluding hydrogens is 861 g/mol. The molecule has 0 amide bonds. The average Bonchev–Trinajstić information content (AvgIpc) is 3.99. The SMILES string of the molecule is c1ccc(-c2cccc3cccc(-c4ccc(N(c5cccc(-c6cccc7oc8ccccc8c67)c5)c5ccc6ccc(-c7ccc(-n8c9ccccc9c9ccccc98)cc7)cc6c5)cc4)c23)cc1. The number of nitrogens with zero attached hydrogens (tertiary/aromatic N) is 2. The van der Waals surface area contributed by atoms with E-state index in [1.54, 1.807) is 0 Å². The van der Waals surface area contributed by atoms with Gasteiger partial charge in [-0.3, -0.25) is 0 Å². The van der Waals surface area contributed by atoms with Crippen molar-refractivity contribution in [1.82, 2.24) is 4.57 Å². The molecule has 0 aliphatic carbocycles. The van der Waals surface area contributed by atoms with Crippen LogP contribution in [0.5, 0.6) is 0 Å². The van der Waals surface area contributed by atoms with E-state index < -0.39 is 0 Å². The van der Waals surface area contributed by atoms with Crippen molar-refractivity contribution in [3.05, 3.63) is 267 Å². The first-order valence-corrected chi connectivity index (χ1v) is 24.3. The van der Waals surface area contributed by atoms with E-state index in [1.165, 1.54) is 76.7 Å². The Kier molecular flexibility index (Phi) is 9.53. The van der Waals surface area contributed by atoms with Gasteiger partial charge >= 0.3 is 0 Å². The molecule has 332 valence electrons. The highest BCUT2D eigenvalue weighted by molar-refractivity contribution is 6.13. The molecule has 0 unspecified atom stereocenters. The second-order valence-corrected chi connectivity index (χ2v) is 18.4. The quantitative estimate of drug-likeness (QED) is 0.151. The molecule has 3 nitrogen and oxygen atoms in total. The van der Waals surface area contributed by atoms with Gasteiger partial charge in [-0.25, -0.2) is 0 Å². The van der Waals surface area contributed by atoms with Crippen LogP contribution < -0.4 is 4.90 Å². The van der Waals surface area contributed by atoms with Crippen LogP contribution in [0.3, 0.4) is 0 Å². The number of para-hydroxylation sites is 3. The maximum atomic E-state index is 6.36. The second-order valence-electron chi connectivity index (χ2n) is 18.4. The average molecular weight is 905 g/mol. The number of aromatic nitrogens is 1. The molecule has 0 spiro atoms. The highest BCUT2D eigenvalue weighted by Gasteiger charge is 2.19. The standard InChI is InChI=1S/C68H44N2O/c1-2-14-47(15-3-1)57-23-11-16-49-17-12-24-58(67(49)57)48-35-39-53(40-36-48)69(55-19-10-18-51(43-55)59-25-13-29-66-68(59)62-22-6-9-28-65(62)71-66)56-41-34-46-30-31-50(42-52(46)44-56)45-32-37-54(38-33-45)70-63-26-7-4-20-60(63)61-21-5-8-27-64(61)70/h1-44H. The normalized spacial score (nSPS) is 11.7. The number of hydrogen-bond acceptors (Lipinski definition) is 2. The van der Waals surface area contributed by atoms with Crippen LogP contribution in [-0.2, 0) is 0 Å². The van der Waals surface area contributed by atoms with Gasteiger partial charge in [0.25, 0.3) is 0 Å². The Bertz CT molecular complexity index is 4270. The van der Waals surface area contributed by atoms with Crippen molar-refractivity contribution in [1.29, 1.82) is 0 Å². The maximum absolute atomic E-state index is 6.36. The topological polar surface area (TPSA) is 21.3 Å². The minimum atomic E-state index is 0.886. The molecular formula is C68H44N2O. The molecule has 2 heterocycles.